The fourth-order valence-electron chi connectivity index (χ4n) is 5.29. The van der Waals surface area contributed by atoms with Crippen LogP contribution in [0, 0.1) is 11.3 Å². The highest BCUT2D eigenvalue weighted by Gasteiger charge is 2.42. The molecule has 1 aliphatic rings. The van der Waals surface area contributed by atoms with Crippen LogP contribution in [0.15, 0.2) is 44.5 Å². The van der Waals surface area contributed by atoms with Crippen molar-refractivity contribution in [1.82, 2.24) is 29.1 Å². The largest absolute Gasteiger partial charge is 0.453 e. The van der Waals surface area contributed by atoms with Crippen LogP contribution in [-0.2, 0) is 13.8 Å². The van der Waals surface area contributed by atoms with Gasteiger partial charge in [0.15, 0.2) is 22.7 Å². The number of hydrogen-bond acceptors (Lipinski definition) is 11. The summed E-state index contributed by atoms with van der Waals surface area (Å²) in [5.41, 5.74) is 0.538. The minimum absolute atomic E-state index is 0.0932. The Kier molecular flexibility index (Phi) is 10.3. The lowest BCUT2D eigenvalue weighted by Crippen LogP contribution is -2.36. The van der Waals surface area contributed by atoms with Gasteiger partial charge in [-0.15, -0.1) is 0 Å². The van der Waals surface area contributed by atoms with Gasteiger partial charge >= 0.3 is 0 Å². The summed E-state index contributed by atoms with van der Waals surface area (Å²) in [4.78, 5) is 31.3. The summed E-state index contributed by atoms with van der Waals surface area (Å²) in [6.45, 7) is 8.12. The number of fused-ring (bicyclic) bond motifs is 2. The number of aromatic nitrogens is 4. The average Bonchev–Trinajstić information content (AvgIpc) is 3.70. The molecule has 0 saturated carbocycles. The Morgan fingerprint density at radius 3 is 2.69 bits per heavy atom. The number of benzene rings is 1. The number of nitrogens with zero attached hydrogens (tertiary/aromatic N) is 7. The van der Waals surface area contributed by atoms with Crippen molar-refractivity contribution in [2.45, 2.75) is 71.1 Å². The highest BCUT2D eigenvalue weighted by molar-refractivity contribution is 7.44. The topological polar surface area (TPSA) is 167 Å². The van der Waals surface area contributed by atoms with Gasteiger partial charge in [0.1, 0.15) is 17.9 Å². The van der Waals surface area contributed by atoms with Gasteiger partial charge in [-0.05, 0) is 39.8 Å². The molecule has 15 heteroatoms. The average molecular weight is 639 g/mol. The summed E-state index contributed by atoms with van der Waals surface area (Å²) in [6.07, 6.45) is 0.0199. The molecule has 45 heavy (non-hydrogen) atoms. The zero-order valence-electron chi connectivity index (χ0n) is 26.2. The Hall–Kier alpha value is -3.70. The summed E-state index contributed by atoms with van der Waals surface area (Å²) in [5, 5.41) is 20.4. The molecule has 0 spiro atoms. The third kappa shape index (κ3) is 7.09. The van der Waals surface area contributed by atoms with E-state index in [-0.39, 0.29) is 48.8 Å². The van der Waals surface area contributed by atoms with Gasteiger partial charge in [0.05, 0.1) is 38.1 Å². The van der Waals surface area contributed by atoms with Crippen LogP contribution < -0.4 is 5.56 Å². The van der Waals surface area contributed by atoms with Gasteiger partial charge < -0.3 is 28.2 Å². The molecule has 4 heterocycles. The van der Waals surface area contributed by atoms with Gasteiger partial charge in [0, 0.05) is 38.0 Å². The van der Waals surface area contributed by atoms with Crippen LogP contribution in [-0.4, -0.2) is 92.1 Å². The van der Waals surface area contributed by atoms with Crippen LogP contribution in [0.1, 0.15) is 46.8 Å². The highest BCUT2D eigenvalue weighted by Crippen LogP contribution is 2.50. The number of ether oxygens (including phenoxy) is 1. The lowest BCUT2D eigenvalue weighted by molar-refractivity contribution is -0.0406. The van der Waals surface area contributed by atoms with E-state index in [2.05, 4.69) is 58.4 Å². The zero-order chi connectivity index (χ0) is 32.2. The molecule has 1 aromatic carbocycles. The summed E-state index contributed by atoms with van der Waals surface area (Å²) in [5.74, 6) is 0.865. The Balaban J connectivity index is 1.58. The standard InChI is InChI=1S/C30H39N8O6P/c1-18(2)38(19(3)4)45(41-13-9-12-31)44-22-15-25(43-24(22)16-39)37-27(23-14-20-10-7-8-11-21(20)42-23)33-26-28(37)34-30(35-29(26)40)32-17-36(5)6/h7-8,10-11,14,17-19,22,24-25,39H,9,13,15-16H2,1-6H3,(H,34,35,40)/b32-17+/t22-,24+,25+,45?/m0/s1. The maximum Gasteiger partial charge on any atom is 0.280 e. The fourth-order valence-corrected chi connectivity index (χ4v) is 7.04. The molecule has 0 aliphatic carbocycles. The molecule has 2 N–H and O–H groups in total. The van der Waals surface area contributed by atoms with Crippen molar-refractivity contribution >= 4 is 42.9 Å². The van der Waals surface area contributed by atoms with E-state index >= 15 is 0 Å². The number of H-pyrrole nitrogens is 1. The monoisotopic (exact) mass is 638 g/mol. The molecule has 4 atom stereocenters. The number of aliphatic hydroxyl groups is 1. The van der Waals surface area contributed by atoms with E-state index in [0.29, 0.717) is 23.6 Å². The van der Waals surface area contributed by atoms with Crippen LogP contribution in [0.3, 0.4) is 0 Å². The number of furan rings is 1. The van der Waals surface area contributed by atoms with Crippen LogP contribution in [0.25, 0.3) is 33.7 Å². The summed E-state index contributed by atoms with van der Waals surface area (Å²) in [7, 11) is 2.02. The number of aliphatic imine (C=N–C) groups is 1. The Morgan fingerprint density at radius 1 is 1.27 bits per heavy atom. The molecular weight excluding hydrogens is 599 g/mol. The van der Waals surface area contributed by atoms with E-state index in [1.54, 1.807) is 9.47 Å². The second kappa shape index (κ2) is 14.2. The van der Waals surface area contributed by atoms with E-state index in [1.165, 1.54) is 6.34 Å². The second-order valence-electron chi connectivity index (χ2n) is 11.5. The maximum absolute atomic E-state index is 13.2. The minimum Gasteiger partial charge on any atom is -0.453 e. The summed E-state index contributed by atoms with van der Waals surface area (Å²) < 4.78 is 29.1. The van der Waals surface area contributed by atoms with Gasteiger partial charge in [-0.3, -0.25) is 14.3 Å². The van der Waals surface area contributed by atoms with Crippen molar-refractivity contribution in [3.63, 3.8) is 0 Å². The number of nitriles is 1. The van der Waals surface area contributed by atoms with Gasteiger partial charge in [-0.25, -0.2) is 14.6 Å². The molecule has 4 aromatic rings. The van der Waals surface area contributed by atoms with Crippen LogP contribution in [0.5, 0.6) is 0 Å². The molecule has 0 bridgehead atoms. The molecule has 0 amide bonds. The summed E-state index contributed by atoms with van der Waals surface area (Å²) in [6, 6.07) is 11.7. The molecule has 3 aromatic heterocycles. The number of imidazole rings is 1. The molecule has 0 radical (unpaired) electrons. The molecule has 1 aliphatic heterocycles. The predicted octanol–water partition coefficient (Wildman–Crippen LogP) is 4.70. The first-order valence-electron chi connectivity index (χ1n) is 14.8. The van der Waals surface area contributed by atoms with Gasteiger partial charge in [-0.2, -0.15) is 10.2 Å². The van der Waals surface area contributed by atoms with Crippen molar-refractivity contribution in [3.05, 3.63) is 40.7 Å². The van der Waals surface area contributed by atoms with E-state index in [1.807, 2.05) is 44.4 Å². The molecule has 1 saturated heterocycles. The van der Waals surface area contributed by atoms with E-state index in [0.717, 1.165) is 5.39 Å². The molecule has 1 unspecified atom stereocenters. The van der Waals surface area contributed by atoms with Crippen molar-refractivity contribution in [1.29, 1.82) is 5.26 Å². The lowest BCUT2D eigenvalue weighted by Gasteiger charge is -2.37. The molecule has 1 fully saturated rings. The first kappa shape index (κ1) is 32.7. The fraction of sp³-hybridized carbons (Fsp3) is 0.500. The third-order valence-electron chi connectivity index (χ3n) is 7.13. The molecule has 14 nitrogen and oxygen atoms in total. The first-order chi connectivity index (χ1) is 21.6. The van der Waals surface area contributed by atoms with Crippen molar-refractivity contribution in [2.24, 2.45) is 4.99 Å². The highest BCUT2D eigenvalue weighted by atomic mass is 31.2. The Morgan fingerprint density at radius 2 is 2.02 bits per heavy atom. The second-order valence-corrected chi connectivity index (χ2v) is 12.9. The van der Waals surface area contributed by atoms with Crippen LogP contribution in [0.4, 0.5) is 5.95 Å². The number of rotatable bonds is 13. The normalized spacial score (nSPS) is 19.5. The van der Waals surface area contributed by atoms with Gasteiger partial charge in [-0.1, -0.05) is 18.2 Å². The smallest absolute Gasteiger partial charge is 0.280 e. The zero-order valence-corrected chi connectivity index (χ0v) is 27.1. The lowest BCUT2D eigenvalue weighted by atomic mass is 10.2. The first-order valence-corrected chi connectivity index (χ1v) is 16.0. The molecule has 240 valence electrons. The summed E-state index contributed by atoms with van der Waals surface area (Å²) >= 11 is 0. The van der Waals surface area contributed by atoms with Crippen LogP contribution in [0.2, 0.25) is 0 Å². The van der Waals surface area contributed by atoms with Crippen LogP contribution >= 0.6 is 8.53 Å². The Labute approximate surface area is 262 Å². The van der Waals surface area contributed by atoms with Crippen molar-refractivity contribution in [2.75, 3.05) is 27.3 Å². The maximum atomic E-state index is 13.2. The van der Waals surface area contributed by atoms with Gasteiger partial charge in [0.25, 0.3) is 14.1 Å². The number of aromatic amines is 1. The number of hydrogen-bond donors (Lipinski definition) is 2. The van der Waals surface area contributed by atoms with Crippen molar-refractivity contribution in [3.8, 4) is 17.7 Å². The molecular formula is C30H39N8O6P. The predicted molar refractivity (Wildman–Crippen MR) is 171 cm³/mol. The third-order valence-corrected chi connectivity index (χ3v) is 9.29. The van der Waals surface area contributed by atoms with E-state index in [4.69, 9.17) is 23.5 Å². The SMILES string of the molecule is CC(C)N(C(C)C)P(OCCC#N)O[C@H]1C[C@H](n2c(-c3cc4ccccc4o3)nc3c(=O)[nH]c(/N=C/N(C)C)nc32)O[C@@H]1CO. The number of nitrogens with one attached hydrogen (secondary N) is 1. The molecule has 5 rings (SSSR count). The van der Waals surface area contributed by atoms with Crippen molar-refractivity contribution < 1.29 is 23.3 Å². The van der Waals surface area contributed by atoms with E-state index < -0.39 is 32.5 Å². The number of aliphatic hydroxyl groups excluding tert-OH is 1. The van der Waals surface area contributed by atoms with E-state index in [9.17, 15) is 9.90 Å². The Bertz CT molecular complexity index is 1700. The quantitative estimate of drug-likeness (QED) is 0.0902. The number of para-hydroxylation sites is 1. The van der Waals surface area contributed by atoms with Gasteiger partial charge in [0.2, 0.25) is 5.95 Å². The minimum atomic E-state index is -1.60.